The van der Waals surface area contributed by atoms with Gasteiger partial charge in [0.25, 0.3) is 5.91 Å². The van der Waals surface area contributed by atoms with Gasteiger partial charge < -0.3 is 15.8 Å². The molecule has 1 aromatic rings. The quantitative estimate of drug-likeness (QED) is 0.749. The van der Waals surface area contributed by atoms with E-state index in [0.717, 1.165) is 0 Å². The molecule has 0 aromatic carbocycles. The van der Waals surface area contributed by atoms with E-state index in [1.807, 2.05) is 13.8 Å². The van der Waals surface area contributed by atoms with Gasteiger partial charge in [-0.1, -0.05) is 0 Å². The molecule has 1 amide bonds. The first-order chi connectivity index (χ1) is 7.56. The Balaban J connectivity index is 2.53. The van der Waals surface area contributed by atoms with Crippen molar-refractivity contribution in [3.05, 3.63) is 11.9 Å². The van der Waals surface area contributed by atoms with Crippen molar-refractivity contribution in [1.29, 1.82) is 0 Å². The van der Waals surface area contributed by atoms with Crippen molar-refractivity contribution >= 4 is 11.6 Å². The minimum absolute atomic E-state index is 0.0107. The molecule has 0 aliphatic heterocycles. The van der Waals surface area contributed by atoms with Gasteiger partial charge in [-0.2, -0.15) is 5.10 Å². The number of ether oxygens (including phenoxy) is 1. The lowest BCUT2D eigenvalue weighted by Crippen LogP contribution is -2.33. The Morgan fingerprint density at radius 3 is 2.94 bits per heavy atom. The van der Waals surface area contributed by atoms with Crippen LogP contribution in [0.1, 0.15) is 24.3 Å². The number of amides is 1. The van der Waals surface area contributed by atoms with Crippen LogP contribution < -0.4 is 11.1 Å². The number of carbonyl (C=O) groups is 1. The normalized spacial score (nSPS) is 12.4. The molecule has 0 saturated heterocycles. The predicted octanol–water partition coefficient (Wildman–Crippen LogP) is 0.157. The molecule has 6 heteroatoms. The summed E-state index contributed by atoms with van der Waals surface area (Å²) in [6, 6.07) is 0. The molecule has 1 aromatic heterocycles. The average molecular weight is 226 g/mol. The summed E-state index contributed by atoms with van der Waals surface area (Å²) in [4.78, 5) is 11.7. The zero-order valence-corrected chi connectivity index (χ0v) is 9.86. The third-order valence-corrected chi connectivity index (χ3v) is 2.18. The third kappa shape index (κ3) is 2.96. The summed E-state index contributed by atoms with van der Waals surface area (Å²) < 4.78 is 6.76. The van der Waals surface area contributed by atoms with Crippen LogP contribution in [0.5, 0.6) is 0 Å². The van der Waals surface area contributed by atoms with Crippen LogP contribution in [0.3, 0.4) is 0 Å². The lowest BCUT2D eigenvalue weighted by atomic mass is 10.3. The summed E-state index contributed by atoms with van der Waals surface area (Å²) in [5.74, 6) is -0.232. The van der Waals surface area contributed by atoms with E-state index in [1.54, 1.807) is 7.05 Å². The maximum atomic E-state index is 11.7. The van der Waals surface area contributed by atoms with E-state index in [2.05, 4.69) is 10.4 Å². The third-order valence-electron chi connectivity index (χ3n) is 2.18. The van der Waals surface area contributed by atoms with E-state index in [0.29, 0.717) is 24.5 Å². The van der Waals surface area contributed by atoms with E-state index in [9.17, 15) is 4.79 Å². The maximum Gasteiger partial charge on any atom is 0.271 e. The molecule has 0 bridgehead atoms. The first-order valence-corrected chi connectivity index (χ1v) is 5.23. The first kappa shape index (κ1) is 12.5. The van der Waals surface area contributed by atoms with Gasteiger partial charge in [0.2, 0.25) is 0 Å². The largest absolute Gasteiger partial charge is 0.396 e. The van der Waals surface area contributed by atoms with Gasteiger partial charge in [0.1, 0.15) is 5.69 Å². The van der Waals surface area contributed by atoms with Gasteiger partial charge in [0.05, 0.1) is 18.0 Å². The lowest BCUT2D eigenvalue weighted by Gasteiger charge is -2.12. The van der Waals surface area contributed by atoms with Crippen LogP contribution in [-0.4, -0.2) is 34.9 Å². The molecule has 0 fully saturated rings. The molecule has 16 heavy (non-hydrogen) atoms. The summed E-state index contributed by atoms with van der Waals surface area (Å²) in [6.45, 7) is 4.90. The van der Waals surface area contributed by atoms with Gasteiger partial charge in [-0.15, -0.1) is 0 Å². The molecule has 1 atom stereocenters. The Hall–Kier alpha value is -1.56. The van der Waals surface area contributed by atoms with Gasteiger partial charge >= 0.3 is 0 Å². The second-order valence-electron chi connectivity index (χ2n) is 3.55. The molecular weight excluding hydrogens is 208 g/mol. The van der Waals surface area contributed by atoms with Gasteiger partial charge in [-0.3, -0.25) is 9.48 Å². The van der Waals surface area contributed by atoms with Crippen molar-refractivity contribution < 1.29 is 9.53 Å². The summed E-state index contributed by atoms with van der Waals surface area (Å²) in [5.41, 5.74) is 6.39. The summed E-state index contributed by atoms with van der Waals surface area (Å²) in [5, 5.41) is 6.65. The van der Waals surface area contributed by atoms with Crippen LogP contribution in [0.15, 0.2) is 6.20 Å². The fraction of sp³-hybridized carbons (Fsp3) is 0.600. The number of anilines is 1. The maximum absolute atomic E-state index is 11.7. The Labute approximate surface area is 94.8 Å². The highest BCUT2D eigenvalue weighted by molar-refractivity contribution is 5.97. The highest BCUT2D eigenvalue weighted by atomic mass is 16.5. The molecular formula is C10H18N4O2. The van der Waals surface area contributed by atoms with Crippen LogP contribution in [0.25, 0.3) is 0 Å². The van der Waals surface area contributed by atoms with Crippen molar-refractivity contribution in [2.24, 2.45) is 7.05 Å². The first-order valence-electron chi connectivity index (χ1n) is 5.23. The fourth-order valence-corrected chi connectivity index (χ4v) is 1.40. The average Bonchev–Trinajstić information content (AvgIpc) is 2.56. The Morgan fingerprint density at radius 2 is 2.44 bits per heavy atom. The zero-order chi connectivity index (χ0) is 12.1. The molecule has 1 heterocycles. The number of nitrogens with zero attached hydrogens (tertiary/aromatic N) is 2. The van der Waals surface area contributed by atoms with Crippen LogP contribution in [-0.2, 0) is 11.8 Å². The van der Waals surface area contributed by atoms with E-state index >= 15 is 0 Å². The van der Waals surface area contributed by atoms with Crippen LogP contribution >= 0.6 is 0 Å². The van der Waals surface area contributed by atoms with Gasteiger partial charge in [-0.05, 0) is 13.8 Å². The summed E-state index contributed by atoms with van der Waals surface area (Å²) >= 11 is 0. The fourth-order valence-electron chi connectivity index (χ4n) is 1.40. The lowest BCUT2D eigenvalue weighted by molar-refractivity contribution is 0.0692. The predicted molar refractivity (Wildman–Crippen MR) is 61.0 cm³/mol. The Morgan fingerprint density at radius 1 is 1.75 bits per heavy atom. The van der Waals surface area contributed by atoms with Crippen LogP contribution in [0.4, 0.5) is 5.69 Å². The van der Waals surface area contributed by atoms with E-state index < -0.39 is 0 Å². The number of nitrogens with two attached hydrogens (primary N) is 1. The molecule has 0 aliphatic carbocycles. The van der Waals surface area contributed by atoms with Gasteiger partial charge in [0, 0.05) is 20.2 Å². The number of nitrogens with one attached hydrogen (secondary N) is 1. The molecule has 6 nitrogen and oxygen atoms in total. The zero-order valence-electron chi connectivity index (χ0n) is 9.86. The number of carbonyl (C=O) groups excluding carboxylic acids is 1. The van der Waals surface area contributed by atoms with E-state index in [-0.39, 0.29) is 12.0 Å². The summed E-state index contributed by atoms with van der Waals surface area (Å²) in [7, 11) is 1.68. The monoisotopic (exact) mass is 226 g/mol. The van der Waals surface area contributed by atoms with Gasteiger partial charge in [-0.25, -0.2) is 0 Å². The molecule has 90 valence electrons. The number of rotatable bonds is 5. The molecule has 3 N–H and O–H groups in total. The van der Waals surface area contributed by atoms with Crippen molar-refractivity contribution in [3.63, 3.8) is 0 Å². The topological polar surface area (TPSA) is 82.2 Å². The minimum atomic E-state index is -0.232. The van der Waals surface area contributed by atoms with Crippen molar-refractivity contribution in [2.45, 2.75) is 20.0 Å². The molecule has 0 aliphatic rings. The number of hydrogen-bond acceptors (Lipinski definition) is 4. The Bertz CT molecular complexity index is 342. The highest BCUT2D eigenvalue weighted by Gasteiger charge is 2.15. The van der Waals surface area contributed by atoms with Crippen molar-refractivity contribution in [3.8, 4) is 0 Å². The van der Waals surface area contributed by atoms with Gasteiger partial charge in [0.15, 0.2) is 0 Å². The molecule has 0 saturated carbocycles. The van der Waals surface area contributed by atoms with Crippen molar-refractivity contribution in [2.75, 3.05) is 18.9 Å². The Kier molecular flexibility index (Phi) is 4.30. The van der Waals surface area contributed by atoms with Crippen molar-refractivity contribution in [1.82, 2.24) is 15.1 Å². The van der Waals surface area contributed by atoms with E-state index in [4.69, 9.17) is 10.5 Å². The number of aryl methyl sites for hydroxylation is 1. The number of aromatic nitrogens is 2. The number of nitrogen functional groups attached to an aromatic ring is 1. The smallest absolute Gasteiger partial charge is 0.271 e. The minimum Gasteiger partial charge on any atom is -0.396 e. The second-order valence-corrected chi connectivity index (χ2v) is 3.55. The molecule has 1 unspecified atom stereocenters. The molecule has 1 rings (SSSR count). The standard InChI is InChI=1S/C10H18N4O2/c1-4-16-7(2)5-12-10(15)9-8(11)6-13-14(9)3/h6-7H,4-5,11H2,1-3H3,(H,12,15). The SMILES string of the molecule is CCOC(C)CNC(=O)c1c(N)cnn1C. The van der Waals surface area contributed by atoms with Crippen LogP contribution in [0.2, 0.25) is 0 Å². The highest BCUT2D eigenvalue weighted by Crippen LogP contribution is 2.08. The molecule has 0 radical (unpaired) electrons. The van der Waals surface area contributed by atoms with E-state index in [1.165, 1.54) is 10.9 Å². The second kappa shape index (κ2) is 5.50. The molecule has 0 spiro atoms. The number of hydrogen-bond donors (Lipinski definition) is 2. The van der Waals surface area contributed by atoms with Crippen LogP contribution in [0, 0.1) is 0 Å². The summed E-state index contributed by atoms with van der Waals surface area (Å²) in [6.07, 6.45) is 1.45.